The number of nitrogens with zero attached hydrogens (tertiary/aromatic N) is 2. The number of methoxy groups -OCH3 is 1. The fraction of sp³-hybridized carbons (Fsp3) is 0.611. The Hall–Kier alpha value is -1.99. The predicted molar refractivity (Wildman–Crippen MR) is 105 cm³/mol. The second-order valence-electron chi connectivity index (χ2n) is 7.27. The number of rotatable bonds is 7. The van der Waals surface area contributed by atoms with Gasteiger partial charge >= 0.3 is 5.97 Å². The molecule has 2 aliphatic rings. The molecule has 2 fully saturated rings. The zero-order chi connectivity index (χ0) is 21.9. The standard InChI is InChI=1S/C18H26FN3O7S/c1-27-16(24)12-22(30(20,25)26)17-14(19)10-13(11-15(17)23)2-5-21-6-3-18(4-7-21)28-8-9-29-18/h10-11,23H,2-9,12H2,1H3,(H2,20,25,26). The fourth-order valence-electron chi connectivity index (χ4n) is 3.70. The van der Waals surface area contributed by atoms with Gasteiger partial charge in [-0.05, 0) is 24.1 Å². The van der Waals surface area contributed by atoms with E-state index in [1.807, 2.05) is 0 Å². The van der Waals surface area contributed by atoms with Gasteiger partial charge < -0.3 is 24.2 Å². The fourth-order valence-corrected chi connectivity index (χ4v) is 4.42. The topological polar surface area (TPSA) is 132 Å². The number of carbonyl (C=O) groups excluding carboxylic acids is 1. The van der Waals surface area contributed by atoms with Crippen LogP contribution in [0.4, 0.5) is 10.1 Å². The summed E-state index contributed by atoms with van der Waals surface area (Å²) < 4.78 is 54.4. The van der Waals surface area contributed by atoms with Gasteiger partial charge in [-0.2, -0.15) is 8.42 Å². The first-order chi connectivity index (χ1) is 14.1. The highest BCUT2D eigenvalue weighted by atomic mass is 32.2. The van der Waals surface area contributed by atoms with Crippen molar-refractivity contribution in [1.82, 2.24) is 4.90 Å². The molecular formula is C18H26FN3O7S. The summed E-state index contributed by atoms with van der Waals surface area (Å²) in [5.74, 6) is -3.06. The third kappa shape index (κ3) is 5.19. The third-order valence-electron chi connectivity index (χ3n) is 5.31. The Morgan fingerprint density at radius 2 is 1.97 bits per heavy atom. The molecule has 0 amide bonds. The molecule has 2 aliphatic heterocycles. The summed E-state index contributed by atoms with van der Waals surface area (Å²) in [6.07, 6.45) is 1.94. The normalized spacial score (nSPS) is 19.2. The molecule has 0 aliphatic carbocycles. The molecule has 12 heteroatoms. The van der Waals surface area contributed by atoms with Crippen molar-refractivity contribution >= 4 is 21.9 Å². The summed E-state index contributed by atoms with van der Waals surface area (Å²) in [5.41, 5.74) is -0.211. The second-order valence-corrected chi connectivity index (χ2v) is 8.74. The second kappa shape index (κ2) is 9.02. The molecule has 0 bridgehead atoms. The van der Waals surface area contributed by atoms with Crippen LogP contribution < -0.4 is 9.44 Å². The van der Waals surface area contributed by atoms with Crippen molar-refractivity contribution in [3.63, 3.8) is 0 Å². The van der Waals surface area contributed by atoms with Crippen LogP contribution in [0.15, 0.2) is 12.1 Å². The number of halogens is 1. The van der Waals surface area contributed by atoms with Crippen molar-refractivity contribution in [2.24, 2.45) is 5.14 Å². The van der Waals surface area contributed by atoms with Crippen LogP contribution >= 0.6 is 0 Å². The van der Waals surface area contributed by atoms with Crippen molar-refractivity contribution in [1.29, 1.82) is 0 Å². The van der Waals surface area contributed by atoms with Crippen LogP contribution in [-0.4, -0.2) is 76.7 Å². The number of ether oxygens (including phenoxy) is 3. The zero-order valence-electron chi connectivity index (χ0n) is 16.7. The highest BCUT2D eigenvalue weighted by Crippen LogP contribution is 2.34. The molecule has 10 nitrogen and oxygen atoms in total. The minimum atomic E-state index is -4.52. The molecule has 0 aromatic heterocycles. The molecule has 2 heterocycles. The van der Waals surface area contributed by atoms with E-state index in [4.69, 9.17) is 14.6 Å². The van der Waals surface area contributed by atoms with E-state index >= 15 is 0 Å². The number of esters is 1. The van der Waals surface area contributed by atoms with Crippen LogP contribution in [0.1, 0.15) is 18.4 Å². The number of nitrogens with two attached hydrogens (primary N) is 1. The minimum absolute atomic E-state index is 0.277. The number of hydrogen-bond donors (Lipinski definition) is 2. The lowest BCUT2D eigenvalue weighted by Crippen LogP contribution is -2.45. The van der Waals surface area contributed by atoms with Crippen molar-refractivity contribution < 1.29 is 36.9 Å². The number of hydrogen-bond acceptors (Lipinski definition) is 8. The quantitative estimate of drug-likeness (QED) is 0.563. The van der Waals surface area contributed by atoms with Gasteiger partial charge in [0.2, 0.25) is 0 Å². The maximum absolute atomic E-state index is 14.7. The van der Waals surface area contributed by atoms with E-state index < -0.39 is 45.8 Å². The first-order valence-corrected chi connectivity index (χ1v) is 11.0. The van der Waals surface area contributed by atoms with E-state index in [1.165, 1.54) is 6.07 Å². The van der Waals surface area contributed by atoms with Gasteiger partial charge in [0, 0.05) is 32.5 Å². The lowest BCUT2D eigenvalue weighted by atomic mass is 10.0. The van der Waals surface area contributed by atoms with E-state index in [-0.39, 0.29) is 4.31 Å². The van der Waals surface area contributed by atoms with Gasteiger partial charge in [-0.25, -0.2) is 13.8 Å². The number of likely N-dealkylation sites (tertiary alicyclic amines) is 1. The van der Waals surface area contributed by atoms with E-state index in [9.17, 15) is 22.7 Å². The van der Waals surface area contributed by atoms with Gasteiger partial charge in [0.1, 0.15) is 18.0 Å². The Labute approximate surface area is 174 Å². The monoisotopic (exact) mass is 447 g/mol. The first-order valence-electron chi connectivity index (χ1n) is 9.52. The van der Waals surface area contributed by atoms with E-state index in [2.05, 4.69) is 9.64 Å². The Morgan fingerprint density at radius 3 is 2.50 bits per heavy atom. The van der Waals surface area contributed by atoms with E-state index in [0.29, 0.717) is 31.7 Å². The summed E-state index contributed by atoms with van der Waals surface area (Å²) in [5, 5.41) is 15.3. The summed E-state index contributed by atoms with van der Waals surface area (Å²) >= 11 is 0. The molecule has 1 spiro atoms. The maximum atomic E-state index is 14.7. The largest absolute Gasteiger partial charge is 0.506 e. The Balaban J connectivity index is 1.67. The molecule has 0 unspecified atom stereocenters. The molecule has 2 saturated heterocycles. The predicted octanol–water partition coefficient (Wildman–Crippen LogP) is 0.0956. The lowest BCUT2D eigenvalue weighted by Gasteiger charge is -2.37. The van der Waals surface area contributed by atoms with Crippen LogP contribution in [0, 0.1) is 5.82 Å². The van der Waals surface area contributed by atoms with Gasteiger partial charge in [0.25, 0.3) is 10.2 Å². The Kier molecular flexibility index (Phi) is 6.82. The van der Waals surface area contributed by atoms with Crippen molar-refractivity contribution in [3.8, 4) is 5.75 Å². The van der Waals surface area contributed by atoms with Gasteiger partial charge in [-0.1, -0.05) is 0 Å². The van der Waals surface area contributed by atoms with Crippen molar-refractivity contribution in [2.45, 2.75) is 25.0 Å². The number of phenolic OH excluding ortho intramolecular Hbond substituents is 1. The Bertz CT molecular complexity index is 857. The number of carbonyl (C=O) groups is 1. The molecule has 0 saturated carbocycles. The minimum Gasteiger partial charge on any atom is -0.506 e. The zero-order valence-corrected chi connectivity index (χ0v) is 17.5. The van der Waals surface area contributed by atoms with Gasteiger partial charge in [-0.15, -0.1) is 0 Å². The highest BCUT2D eigenvalue weighted by Gasteiger charge is 2.39. The molecule has 3 rings (SSSR count). The SMILES string of the molecule is COC(=O)CN(c1c(O)cc(CCN2CCC3(CC2)OCCO3)cc1F)S(N)(=O)=O. The van der Waals surface area contributed by atoms with Crippen LogP contribution in [0.25, 0.3) is 0 Å². The van der Waals surface area contributed by atoms with Crippen LogP contribution in [0.5, 0.6) is 5.75 Å². The van der Waals surface area contributed by atoms with E-state index in [1.54, 1.807) is 0 Å². The summed E-state index contributed by atoms with van der Waals surface area (Å²) in [6, 6.07) is 2.39. The van der Waals surface area contributed by atoms with Crippen molar-refractivity contribution in [3.05, 3.63) is 23.5 Å². The number of anilines is 1. The summed E-state index contributed by atoms with van der Waals surface area (Å²) in [6.45, 7) is 2.51. The summed E-state index contributed by atoms with van der Waals surface area (Å²) in [7, 11) is -3.47. The number of aromatic hydroxyl groups is 1. The molecule has 1 aromatic rings. The van der Waals surface area contributed by atoms with Crippen LogP contribution in [-0.2, 0) is 35.6 Å². The van der Waals surface area contributed by atoms with Crippen molar-refractivity contribution in [2.75, 3.05) is 50.8 Å². The molecule has 0 atom stereocenters. The van der Waals surface area contributed by atoms with Crippen LogP contribution in [0.3, 0.4) is 0 Å². The smallest absolute Gasteiger partial charge is 0.326 e. The average Bonchev–Trinajstić information content (AvgIpc) is 3.13. The maximum Gasteiger partial charge on any atom is 0.326 e. The number of benzene rings is 1. The van der Waals surface area contributed by atoms with Gasteiger partial charge in [0.15, 0.2) is 11.6 Å². The molecule has 30 heavy (non-hydrogen) atoms. The first kappa shape index (κ1) is 22.7. The van der Waals surface area contributed by atoms with E-state index in [0.717, 1.165) is 39.1 Å². The molecule has 168 valence electrons. The number of phenols is 1. The lowest BCUT2D eigenvalue weighted by molar-refractivity contribution is -0.185. The number of piperidine rings is 1. The Morgan fingerprint density at radius 1 is 1.33 bits per heavy atom. The molecule has 3 N–H and O–H groups in total. The average molecular weight is 447 g/mol. The molecule has 1 aromatic carbocycles. The molecular weight excluding hydrogens is 421 g/mol. The van der Waals surface area contributed by atoms with Crippen LogP contribution in [0.2, 0.25) is 0 Å². The summed E-state index contributed by atoms with van der Waals surface area (Å²) in [4.78, 5) is 13.7. The third-order valence-corrected chi connectivity index (χ3v) is 6.23. The highest BCUT2D eigenvalue weighted by molar-refractivity contribution is 7.90. The van der Waals surface area contributed by atoms with Gasteiger partial charge in [-0.3, -0.25) is 4.79 Å². The van der Waals surface area contributed by atoms with Gasteiger partial charge in [0.05, 0.1) is 20.3 Å². The molecule has 0 radical (unpaired) electrons.